The second-order valence-electron chi connectivity index (χ2n) is 2.63. The van der Waals surface area contributed by atoms with E-state index in [-0.39, 0.29) is 0 Å². The Morgan fingerprint density at radius 1 is 1.25 bits per heavy atom. The number of hydrogen-bond donors (Lipinski definition) is 0. The van der Waals surface area contributed by atoms with Gasteiger partial charge in [-0.05, 0) is 0 Å². The lowest BCUT2D eigenvalue weighted by Crippen LogP contribution is -1.93. The number of imidazole rings is 1. The van der Waals surface area contributed by atoms with Crippen molar-refractivity contribution in [1.82, 2.24) is 14.5 Å². The summed E-state index contributed by atoms with van der Waals surface area (Å²) < 4.78 is 1.94. The zero-order valence-electron chi connectivity index (χ0n) is 6.18. The Hall–Kier alpha value is -1.78. The van der Waals surface area contributed by atoms with Gasteiger partial charge in [0.1, 0.15) is 18.7 Å². The van der Waals surface area contributed by atoms with Crippen LogP contribution in [0.15, 0.2) is 28.8 Å². The summed E-state index contributed by atoms with van der Waals surface area (Å²) in [5.74, 6) is 0.850. The first-order valence-electron chi connectivity index (χ1n) is 3.62. The lowest BCUT2D eigenvalue weighted by atomic mass is 10.3. The van der Waals surface area contributed by atoms with E-state index in [1.165, 1.54) is 0 Å². The van der Waals surface area contributed by atoms with E-state index in [1.807, 2.05) is 16.8 Å². The maximum absolute atomic E-state index is 4.08. The molecule has 3 aliphatic rings. The van der Waals surface area contributed by atoms with Gasteiger partial charge in [0, 0.05) is 12.3 Å². The molecule has 3 heterocycles. The van der Waals surface area contributed by atoms with Gasteiger partial charge in [-0.15, -0.1) is 5.11 Å². The minimum Gasteiger partial charge on any atom is -0.307 e. The summed E-state index contributed by atoms with van der Waals surface area (Å²) in [5, 5.41) is 7.84. The van der Waals surface area contributed by atoms with E-state index < -0.39 is 0 Å². The molecule has 0 aromatic rings. The first kappa shape index (κ1) is 5.82. The molecule has 0 radical (unpaired) electrons. The molecule has 12 heavy (non-hydrogen) atoms. The zero-order chi connectivity index (χ0) is 7.97. The highest BCUT2D eigenvalue weighted by atomic mass is 15.3. The number of aromatic nitrogens is 3. The second kappa shape index (κ2) is 1.88. The van der Waals surface area contributed by atoms with Gasteiger partial charge in [0.05, 0.1) is 5.69 Å². The molecule has 0 spiro atoms. The fraction of sp³-hybridized carbons (Fsp3) is 0.143. The number of fused-ring (bicyclic) bond motifs is 2. The van der Waals surface area contributed by atoms with E-state index >= 15 is 0 Å². The van der Waals surface area contributed by atoms with Crippen molar-refractivity contribution < 1.29 is 0 Å². The van der Waals surface area contributed by atoms with E-state index in [4.69, 9.17) is 0 Å². The van der Waals surface area contributed by atoms with Gasteiger partial charge in [0.15, 0.2) is 5.82 Å². The first-order chi connectivity index (χ1) is 5.93. The third-order valence-electron chi connectivity index (χ3n) is 1.88. The van der Waals surface area contributed by atoms with Crippen molar-refractivity contribution in [2.24, 2.45) is 10.2 Å². The summed E-state index contributed by atoms with van der Waals surface area (Å²) in [6.45, 7) is 0.595. The van der Waals surface area contributed by atoms with Gasteiger partial charge >= 0.3 is 0 Å². The smallest absolute Gasteiger partial charge is 0.158 e. The van der Waals surface area contributed by atoms with E-state index in [0.29, 0.717) is 6.67 Å². The number of pyridine rings is 1. The number of azo groups is 1. The Kier molecular flexibility index (Phi) is 0.910. The summed E-state index contributed by atoms with van der Waals surface area (Å²) >= 11 is 0. The molecule has 3 aliphatic heterocycles. The lowest BCUT2D eigenvalue weighted by molar-refractivity contribution is 0.771. The molecule has 0 unspecified atom stereocenters. The predicted octanol–water partition coefficient (Wildman–Crippen LogP) is 1.44. The van der Waals surface area contributed by atoms with Gasteiger partial charge < -0.3 is 4.57 Å². The quantitative estimate of drug-likeness (QED) is 0.584. The van der Waals surface area contributed by atoms with Crippen molar-refractivity contribution in [2.75, 3.05) is 0 Å². The fourth-order valence-corrected chi connectivity index (χ4v) is 1.29. The maximum atomic E-state index is 4.08. The van der Waals surface area contributed by atoms with Crippen LogP contribution in [0.4, 0.5) is 5.82 Å². The largest absolute Gasteiger partial charge is 0.307 e. The average molecular weight is 159 g/mol. The maximum Gasteiger partial charge on any atom is 0.158 e. The Balaban J connectivity index is 2.38. The molecule has 0 N–H and O–H groups in total. The fourth-order valence-electron chi connectivity index (χ4n) is 1.29. The van der Waals surface area contributed by atoms with Crippen LogP contribution in [0.2, 0.25) is 0 Å². The summed E-state index contributed by atoms with van der Waals surface area (Å²) in [7, 11) is 0. The zero-order valence-corrected chi connectivity index (χ0v) is 6.18. The molecule has 5 nitrogen and oxygen atoms in total. The van der Waals surface area contributed by atoms with Crippen molar-refractivity contribution in [1.29, 1.82) is 0 Å². The monoisotopic (exact) mass is 159 g/mol. The van der Waals surface area contributed by atoms with E-state index in [0.717, 1.165) is 17.2 Å². The predicted molar refractivity (Wildman–Crippen MR) is 41.2 cm³/mol. The van der Waals surface area contributed by atoms with Crippen LogP contribution in [0.5, 0.6) is 0 Å². The number of nitrogens with zero attached hydrogens (tertiary/aromatic N) is 5. The SMILES string of the molecule is c1nc2cc3n(cc-2n1)CN=N3. The third kappa shape index (κ3) is 0.623. The van der Waals surface area contributed by atoms with Crippen LogP contribution < -0.4 is 0 Å². The molecular formula is C7H5N5. The van der Waals surface area contributed by atoms with Crippen molar-refractivity contribution in [3.63, 3.8) is 0 Å². The highest BCUT2D eigenvalue weighted by molar-refractivity contribution is 5.59. The van der Waals surface area contributed by atoms with Crippen LogP contribution in [0.3, 0.4) is 0 Å². The topological polar surface area (TPSA) is 55.4 Å². The van der Waals surface area contributed by atoms with Gasteiger partial charge in [-0.1, -0.05) is 0 Å². The molecule has 0 bridgehead atoms. The van der Waals surface area contributed by atoms with Crippen molar-refractivity contribution in [3.8, 4) is 11.4 Å². The highest BCUT2D eigenvalue weighted by Gasteiger charge is 2.12. The number of rotatable bonds is 0. The normalized spacial score (nSPS) is 14.0. The van der Waals surface area contributed by atoms with Crippen molar-refractivity contribution >= 4 is 5.82 Å². The van der Waals surface area contributed by atoms with Crippen molar-refractivity contribution in [3.05, 3.63) is 18.6 Å². The van der Waals surface area contributed by atoms with Crippen molar-refractivity contribution in [2.45, 2.75) is 6.67 Å². The van der Waals surface area contributed by atoms with Gasteiger partial charge in [0.25, 0.3) is 0 Å². The van der Waals surface area contributed by atoms with Crippen LogP contribution in [0.25, 0.3) is 11.4 Å². The minimum absolute atomic E-state index is 0.595. The van der Waals surface area contributed by atoms with Crippen LogP contribution in [0, 0.1) is 0 Å². The summed E-state index contributed by atoms with van der Waals surface area (Å²) in [4.78, 5) is 8.15. The average Bonchev–Trinajstić information content (AvgIpc) is 2.64. The van der Waals surface area contributed by atoms with Gasteiger partial charge in [0.2, 0.25) is 0 Å². The van der Waals surface area contributed by atoms with E-state index in [9.17, 15) is 0 Å². The molecule has 5 heteroatoms. The van der Waals surface area contributed by atoms with Gasteiger partial charge in [-0.3, -0.25) is 0 Å². The lowest BCUT2D eigenvalue weighted by Gasteiger charge is -2.01. The second-order valence-corrected chi connectivity index (χ2v) is 2.63. The highest BCUT2D eigenvalue weighted by Crippen LogP contribution is 2.26. The first-order valence-corrected chi connectivity index (χ1v) is 3.62. The van der Waals surface area contributed by atoms with Crippen LogP contribution in [-0.4, -0.2) is 14.5 Å². The number of hydrogen-bond acceptors (Lipinski definition) is 4. The molecule has 58 valence electrons. The molecule has 0 atom stereocenters. The van der Waals surface area contributed by atoms with Crippen LogP contribution >= 0.6 is 0 Å². The summed E-state index contributed by atoms with van der Waals surface area (Å²) in [5.41, 5.74) is 1.77. The molecule has 0 aromatic heterocycles. The molecule has 0 fully saturated rings. The summed E-state index contributed by atoms with van der Waals surface area (Å²) in [6, 6.07) is 1.89. The molecule has 0 aliphatic carbocycles. The van der Waals surface area contributed by atoms with E-state index in [2.05, 4.69) is 20.2 Å². The minimum atomic E-state index is 0.595. The molecule has 0 amide bonds. The van der Waals surface area contributed by atoms with Crippen LogP contribution in [-0.2, 0) is 6.67 Å². The third-order valence-corrected chi connectivity index (χ3v) is 1.88. The van der Waals surface area contributed by atoms with Crippen LogP contribution in [0.1, 0.15) is 0 Å². The van der Waals surface area contributed by atoms with E-state index in [1.54, 1.807) is 6.33 Å². The molecule has 3 rings (SSSR count). The standard InChI is InChI=1S/C7H5N5/c1-5-6(9-3-8-5)2-12-4-10-11-7(1)12/h1-3H,4H2. The van der Waals surface area contributed by atoms with Gasteiger partial charge in [-0.25, -0.2) is 9.97 Å². The van der Waals surface area contributed by atoms with Gasteiger partial charge in [-0.2, -0.15) is 5.11 Å². The summed E-state index contributed by atoms with van der Waals surface area (Å²) in [6.07, 6.45) is 3.47. The Morgan fingerprint density at radius 3 is 3.17 bits per heavy atom. The Labute approximate surface area is 68.1 Å². The molecule has 0 aromatic carbocycles. The Bertz CT molecular complexity index is 430. The Morgan fingerprint density at radius 2 is 2.17 bits per heavy atom. The molecule has 0 saturated heterocycles. The molecule has 0 saturated carbocycles. The molecular weight excluding hydrogens is 154 g/mol.